The largest absolute Gasteiger partial charge is 0.493 e. The zero-order chi connectivity index (χ0) is 13.3. The number of carbonyl (C=O) groups is 1. The summed E-state index contributed by atoms with van der Waals surface area (Å²) < 4.78 is 12.0. The van der Waals surface area contributed by atoms with Gasteiger partial charge in [0.2, 0.25) is 5.91 Å². The highest BCUT2D eigenvalue weighted by molar-refractivity contribution is 7.98. The first-order valence-electron chi connectivity index (χ1n) is 5.31. The lowest BCUT2D eigenvalue weighted by atomic mass is 10.2. The van der Waals surface area contributed by atoms with Gasteiger partial charge in [0.15, 0.2) is 16.7 Å². The molecule has 0 aliphatic rings. The van der Waals surface area contributed by atoms with Gasteiger partial charge in [-0.3, -0.25) is 9.36 Å². The second-order valence-electron chi connectivity index (χ2n) is 3.65. The van der Waals surface area contributed by atoms with Crippen LogP contribution in [0.3, 0.4) is 0 Å². The average Bonchev–Trinajstić information content (AvgIpc) is 2.74. The van der Waals surface area contributed by atoms with E-state index in [0.29, 0.717) is 22.2 Å². The molecular formula is C12H14N2O3S. The lowest BCUT2D eigenvalue weighted by molar-refractivity contribution is 0.0931. The molecule has 5 nitrogen and oxygen atoms in total. The minimum Gasteiger partial charge on any atom is -0.493 e. The fourth-order valence-electron chi connectivity index (χ4n) is 1.82. The summed E-state index contributed by atoms with van der Waals surface area (Å²) in [7, 11) is 3.13. The first kappa shape index (κ1) is 12.8. The van der Waals surface area contributed by atoms with Crippen LogP contribution in [0.4, 0.5) is 0 Å². The van der Waals surface area contributed by atoms with E-state index in [1.54, 1.807) is 30.9 Å². The Kier molecular flexibility index (Phi) is 3.47. The molecule has 6 heteroatoms. The first-order valence-corrected chi connectivity index (χ1v) is 6.54. The number of benzene rings is 1. The maximum atomic E-state index is 11.7. The van der Waals surface area contributed by atoms with Gasteiger partial charge >= 0.3 is 0 Å². The summed E-state index contributed by atoms with van der Waals surface area (Å²) in [6.07, 6.45) is 1.88. The van der Waals surface area contributed by atoms with Crippen LogP contribution in [0.5, 0.6) is 11.5 Å². The number of carbonyl (C=O) groups excluding carboxylic acids is 1. The molecule has 0 bridgehead atoms. The molecule has 0 saturated carbocycles. The van der Waals surface area contributed by atoms with Crippen molar-refractivity contribution >= 4 is 28.7 Å². The summed E-state index contributed by atoms with van der Waals surface area (Å²) in [5, 5.41) is 0.660. The Morgan fingerprint density at radius 1 is 1.28 bits per heavy atom. The minimum absolute atomic E-state index is 0.0749. The molecule has 2 rings (SSSR count). The molecule has 0 aliphatic carbocycles. The fourth-order valence-corrected chi connectivity index (χ4v) is 2.42. The third-order valence-corrected chi connectivity index (χ3v) is 3.27. The van der Waals surface area contributed by atoms with E-state index in [2.05, 4.69) is 4.98 Å². The highest BCUT2D eigenvalue weighted by Gasteiger charge is 2.16. The van der Waals surface area contributed by atoms with Gasteiger partial charge in [-0.25, -0.2) is 4.98 Å². The van der Waals surface area contributed by atoms with Crippen LogP contribution in [-0.2, 0) is 0 Å². The standard InChI is InChI=1S/C12H14N2O3S/c1-7(15)14-9-6-11(17-3)10(16-2)5-8(9)13-12(14)18-4/h5-6H,1-4H3. The Bertz CT molecular complexity index is 607. The molecule has 96 valence electrons. The molecule has 0 atom stereocenters. The van der Waals surface area contributed by atoms with Crippen LogP contribution in [0.15, 0.2) is 17.3 Å². The van der Waals surface area contributed by atoms with E-state index >= 15 is 0 Å². The molecule has 18 heavy (non-hydrogen) atoms. The molecule has 0 radical (unpaired) electrons. The van der Waals surface area contributed by atoms with Gasteiger partial charge < -0.3 is 9.47 Å². The van der Waals surface area contributed by atoms with Crippen molar-refractivity contribution in [3.63, 3.8) is 0 Å². The van der Waals surface area contributed by atoms with E-state index in [4.69, 9.17) is 9.47 Å². The number of hydrogen-bond acceptors (Lipinski definition) is 5. The quantitative estimate of drug-likeness (QED) is 0.799. The van der Waals surface area contributed by atoms with Crippen molar-refractivity contribution in [1.82, 2.24) is 9.55 Å². The maximum Gasteiger partial charge on any atom is 0.230 e. The molecule has 0 spiro atoms. The zero-order valence-corrected chi connectivity index (χ0v) is 11.5. The van der Waals surface area contributed by atoms with E-state index in [-0.39, 0.29) is 5.91 Å². The van der Waals surface area contributed by atoms with Gasteiger partial charge in [0.1, 0.15) is 0 Å². The van der Waals surface area contributed by atoms with Gasteiger partial charge in [-0.1, -0.05) is 11.8 Å². The Balaban J connectivity index is 2.78. The Morgan fingerprint density at radius 3 is 2.39 bits per heavy atom. The molecule has 0 saturated heterocycles. The number of aromatic nitrogens is 2. The van der Waals surface area contributed by atoms with Crippen LogP contribution in [-0.4, -0.2) is 35.9 Å². The Morgan fingerprint density at radius 2 is 1.89 bits per heavy atom. The third kappa shape index (κ3) is 1.92. The number of nitrogens with zero attached hydrogens (tertiary/aromatic N) is 2. The van der Waals surface area contributed by atoms with Crippen molar-refractivity contribution in [1.29, 1.82) is 0 Å². The smallest absolute Gasteiger partial charge is 0.230 e. The molecular weight excluding hydrogens is 252 g/mol. The third-order valence-electron chi connectivity index (χ3n) is 2.63. The monoisotopic (exact) mass is 266 g/mol. The lowest BCUT2D eigenvalue weighted by Crippen LogP contribution is -2.06. The molecule has 1 aromatic carbocycles. The molecule has 1 aromatic heterocycles. The first-order chi connectivity index (χ1) is 8.62. The number of thioether (sulfide) groups is 1. The summed E-state index contributed by atoms with van der Waals surface area (Å²) in [6.45, 7) is 1.51. The summed E-state index contributed by atoms with van der Waals surface area (Å²) in [5.74, 6) is 1.11. The van der Waals surface area contributed by atoms with Crippen LogP contribution in [0.2, 0.25) is 0 Å². The van der Waals surface area contributed by atoms with Gasteiger partial charge in [-0.2, -0.15) is 0 Å². The van der Waals surface area contributed by atoms with Crippen molar-refractivity contribution in [2.75, 3.05) is 20.5 Å². The van der Waals surface area contributed by atoms with E-state index in [1.165, 1.54) is 18.7 Å². The summed E-state index contributed by atoms with van der Waals surface area (Å²) in [5.41, 5.74) is 1.44. The van der Waals surface area contributed by atoms with E-state index in [1.807, 2.05) is 6.26 Å². The number of hydrogen-bond donors (Lipinski definition) is 0. The number of rotatable bonds is 3. The normalized spacial score (nSPS) is 10.7. The second-order valence-corrected chi connectivity index (χ2v) is 4.42. The van der Waals surface area contributed by atoms with E-state index < -0.39 is 0 Å². The van der Waals surface area contributed by atoms with Gasteiger partial charge in [0.05, 0.1) is 25.3 Å². The fraction of sp³-hybridized carbons (Fsp3) is 0.333. The molecule has 0 N–H and O–H groups in total. The number of methoxy groups -OCH3 is 2. The summed E-state index contributed by atoms with van der Waals surface area (Å²) >= 11 is 1.43. The molecule has 0 amide bonds. The second kappa shape index (κ2) is 4.89. The van der Waals surface area contributed by atoms with Crippen LogP contribution >= 0.6 is 11.8 Å². The Hall–Kier alpha value is -1.69. The SMILES string of the molecule is COc1cc2nc(SC)n(C(C)=O)c2cc1OC. The van der Waals surface area contributed by atoms with Gasteiger partial charge in [0.25, 0.3) is 0 Å². The molecule has 0 unspecified atom stereocenters. The van der Waals surface area contributed by atoms with Crippen molar-refractivity contribution in [3.05, 3.63) is 12.1 Å². The number of fused-ring (bicyclic) bond motifs is 1. The van der Waals surface area contributed by atoms with Crippen LogP contribution in [0, 0.1) is 0 Å². The number of ether oxygens (including phenoxy) is 2. The summed E-state index contributed by atoms with van der Waals surface area (Å²) in [4.78, 5) is 16.1. The Labute approximate surface area is 109 Å². The van der Waals surface area contributed by atoms with Crippen molar-refractivity contribution in [2.24, 2.45) is 0 Å². The van der Waals surface area contributed by atoms with Crippen molar-refractivity contribution in [2.45, 2.75) is 12.1 Å². The topological polar surface area (TPSA) is 53.4 Å². The average molecular weight is 266 g/mol. The van der Waals surface area contributed by atoms with Gasteiger partial charge in [0, 0.05) is 19.1 Å². The lowest BCUT2D eigenvalue weighted by Gasteiger charge is -2.08. The molecule has 2 aromatic rings. The van der Waals surface area contributed by atoms with E-state index in [0.717, 1.165) is 5.52 Å². The highest BCUT2D eigenvalue weighted by atomic mass is 32.2. The number of imidazole rings is 1. The molecule has 1 heterocycles. The van der Waals surface area contributed by atoms with E-state index in [9.17, 15) is 4.79 Å². The van der Waals surface area contributed by atoms with Crippen molar-refractivity contribution < 1.29 is 14.3 Å². The highest BCUT2D eigenvalue weighted by Crippen LogP contribution is 2.33. The van der Waals surface area contributed by atoms with Crippen molar-refractivity contribution in [3.8, 4) is 11.5 Å². The summed E-state index contributed by atoms with van der Waals surface area (Å²) in [6, 6.07) is 3.54. The zero-order valence-electron chi connectivity index (χ0n) is 10.7. The van der Waals surface area contributed by atoms with Gasteiger partial charge in [-0.05, 0) is 6.26 Å². The predicted molar refractivity (Wildman–Crippen MR) is 70.9 cm³/mol. The van der Waals surface area contributed by atoms with Gasteiger partial charge in [-0.15, -0.1) is 0 Å². The maximum absolute atomic E-state index is 11.7. The predicted octanol–water partition coefficient (Wildman–Crippen LogP) is 2.44. The minimum atomic E-state index is -0.0749. The molecule has 0 aliphatic heterocycles. The molecule has 0 fully saturated rings. The van der Waals surface area contributed by atoms with Crippen LogP contribution < -0.4 is 9.47 Å². The van der Waals surface area contributed by atoms with Crippen LogP contribution in [0.1, 0.15) is 11.7 Å². The van der Waals surface area contributed by atoms with Crippen LogP contribution in [0.25, 0.3) is 11.0 Å².